The number of nitrogens with zero attached hydrogens (tertiary/aromatic N) is 2. The topological polar surface area (TPSA) is 64.0 Å². The number of nitrogens with one attached hydrogen (secondary N) is 1. The zero-order chi connectivity index (χ0) is 20.8. The third kappa shape index (κ3) is 5.11. The summed E-state index contributed by atoms with van der Waals surface area (Å²) in [5.41, 5.74) is 1.90. The number of aryl methyl sites for hydroxylation is 1. The summed E-state index contributed by atoms with van der Waals surface area (Å²) in [5, 5.41) is 4.35. The predicted molar refractivity (Wildman–Crippen MR) is 122 cm³/mol. The first-order valence-electron chi connectivity index (χ1n) is 10.7. The van der Waals surface area contributed by atoms with Gasteiger partial charge in [0.05, 0.1) is 16.7 Å². The normalized spacial score (nSPS) is 14.3. The molecule has 6 heteroatoms. The van der Waals surface area contributed by atoms with E-state index < -0.39 is 0 Å². The molecule has 0 radical (unpaired) electrons. The third-order valence-electron chi connectivity index (χ3n) is 5.57. The zero-order valence-electron chi connectivity index (χ0n) is 17.0. The first-order chi connectivity index (χ1) is 14.7. The zero-order valence-corrected chi connectivity index (χ0v) is 17.9. The van der Waals surface area contributed by atoms with Gasteiger partial charge in [-0.25, -0.2) is 4.98 Å². The number of para-hydroxylation sites is 1. The summed E-state index contributed by atoms with van der Waals surface area (Å²) >= 11 is 1.35. The summed E-state index contributed by atoms with van der Waals surface area (Å²) in [6.45, 7) is 0.581. The molecular formula is C24H27N3O2S. The minimum Gasteiger partial charge on any atom is -0.353 e. The Bertz CT molecular complexity index is 1060. The van der Waals surface area contributed by atoms with Crippen molar-refractivity contribution in [3.8, 4) is 0 Å². The molecule has 0 aliphatic heterocycles. The second-order valence-corrected chi connectivity index (χ2v) is 8.74. The molecule has 0 bridgehead atoms. The quantitative estimate of drug-likeness (QED) is 0.438. The average Bonchev–Trinajstić information content (AvgIpc) is 3.28. The molecule has 1 aliphatic carbocycles. The lowest BCUT2D eigenvalue weighted by atomic mass is 10.1. The molecule has 1 fully saturated rings. The first kappa shape index (κ1) is 20.7. The fourth-order valence-corrected chi connectivity index (χ4v) is 4.85. The van der Waals surface area contributed by atoms with Crippen LogP contribution in [0.15, 0.2) is 64.5 Å². The number of aromatic nitrogens is 2. The summed E-state index contributed by atoms with van der Waals surface area (Å²) in [5.74, 6) is 0.296. The third-order valence-corrected chi connectivity index (χ3v) is 6.55. The van der Waals surface area contributed by atoms with Gasteiger partial charge < -0.3 is 5.32 Å². The van der Waals surface area contributed by atoms with Gasteiger partial charge in [0.1, 0.15) is 0 Å². The van der Waals surface area contributed by atoms with E-state index in [1.54, 1.807) is 4.57 Å². The first-order valence-corrected chi connectivity index (χ1v) is 11.6. The number of carbonyl (C=O) groups is 1. The number of hydrogen-bond acceptors (Lipinski definition) is 4. The summed E-state index contributed by atoms with van der Waals surface area (Å²) in [4.78, 5) is 30.2. The second kappa shape index (κ2) is 9.94. The Kier molecular flexibility index (Phi) is 6.84. The van der Waals surface area contributed by atoms with Gasteiger partial charge in [0, 0.05) is 12.6 Å². The monoisotopic (exact) mass is 421 g/mol. The van der Waals surface area contributed by atoms with E-state index in [-0.39, 0.29) is 17.2 Å². The predicted octanol–water partition coefficient (Wildman–Crippen LogP) is 4.18. The highest BCUT2D eigenvalue weighted by Crippen LogP contribution is 2.20. The molecule has 0 unspecified atom stereocenters. The molecule has 1 saturated carbocycles. The fourth-order valence-electron chi connectivity index (χ4n) is 4.01. The van der Waals surface area contributed by atoms with Crippen LogP contribution in [0.25, 0.3) is 10.9 Å². The molecule has 0 saturated heterocycles. The maximum Gasteiger partial charge on any atom is 0.262 e. The van der Waals surface area contributed by atoms with Gasteiger partial charge in [0.15, 0.2) is 5.16 Å². The molecule has 4 rings (SSSR count). The van der Waals surface area contributed by atoms with Gasteiger partial charge in [-0.1, -0.05) is 67.1 Å². The molecular weight excluding hydrogens is 394 g/mol. The van der Waals surface area contributed by atoms with Crippen molar-refractivity contribution in [2.45, 2.75) is 56.3 Å². The van der Waals surface area contributed by atoms with E-state index in [1.165, 1.54) is 30.2 Å². The average molecular weight is 422 g/mol. The Morgan fingerprint density at radius 1 is 1.07 bits per heavy atom. The number of amides is 1. The van der Waals surface area contributed by atoms with Crippen LogP contribution in [0.5, 0.6) is 0 Å². The van der Waals surface area contributed by atoms with E-state index in [0.29, 0.717) is 28.6 Å². The Hall–Kier alpha value is -2.60. The van der Waals surface area contributed by atoms with Gasteiger partial charge in [-0.2, -0.15) is 0 Å². The standard InChI is InChI=1S/C24H27N3O2S/c28-22(25-19-12-4-5-13-19)17-30-24-26-21-15-7-6-14-20(21)23(29)27(24)16-8-11-18-9-2-1-3-10-18/h1-3,6-7,9-10,14-15,19H,4-5,8,11-13,16-17H2,(H,25,28). The maximum absolute atomic E-state index is 13.1. The summed E-state index contributed by atoms with van der Waals surface area (Å²) in [6.07, 6.45) is 6.23. The van der Waals surface area contributed by atoms with E-state index >= 15 is 0 Å². The van der Waals surface area contributed by atoms with Crippen LogP contribution in [-0.2, 0) is 17.8 Å². The van der Waals surface area contributed by atoms with Crippen LogP contribution in [0.3, 0.4) is 0 Å². The van der Waals surface area contributed by atoms with Gasteiger partial charge in [-0.3, -0.25) is 14.2 Å². The molecule has 2 aromatic carbocycles. The Morgan fingerprint density at radius 3 is 2.60 bits per heavy atom. The molecule has 0 spiro atoms. The van der Waals surface area contributed by atoms with Crippen LogP contribution in [0.4, 0.5) is 0 Å². The van der Waals surface area contributed by atoms with Crippen molar-refractivity contribution >= 4 is 28.6 Å². The minimum absolute atomic E-state index is 0.0187. The van der Waals surface area contributed by atoms with E-state index in [4.69, 9.17) is 4.98 Å². The molecule has 1 N–H and O–H groups in total. The van der Waals surface area contributed by atoms with E-state index in [9.17, 15) is 9.59 Å². The van der Waals surface area contributed by atoms with Crippen LogP contribution < -0.4 is 10.9 Å². The Balaban J connectivity index is 1.49. The minimum atomic E-state index is -0.0348. The van der Waals surface area contributed by atoms with Crippen molar-refractivity contribution in [2.24, 2.45) is 0 Å². The van der Waals surface area contributed by atoms with Gasteiger partial charge in [-0.15, -0.1) is 0 Å². The van der Waals surface area contributed by atoms with Gasteiger partial charge in [0.2, 0.25) is 5.91 Å². The molecule has 1 aliphatic rings. The van der Waals surface area contributed by atoms with E-state index in [1.807, 2.05) is 42.5 Å². The van der Waals surface area contributed by atoms with Crippen molar-refractivity contribution < 1.29 is 4.79 Å². The molecule has 1 aromatic heterocycles. The second-order valence-electron chi connectivity index (χ2n) is 7.80. The van der Waals surface area contributed by atoms with Crippen LogP contribution >= 0.6 is 11.8 Å². The molecule has 30 heavy (non-hydrogen) atoms. The number of thioether (sulfide) groups is 1. The molecule has 1 amide bonds. The van der Waals surface area contributed by atoms with Crippen LogP contribution in [-0.4, -0.2) is 27.3 Å². The van der Waals surface area contributed by atoms with Gasteiger partial charge in [0.25, 0.3) is 5.56 Å². The van der Waals surface area contributed by atoms with Crippen molar-refractivity contribution in [3.63, 3.8) is 0 Å². The fraction of sp³-hybridized carbons (Fsp3) is 0.375. The lowest BCUT2D eigenvalue weighted by molar-refractivity contribution is -0.119. The highest BCUT2D eigenvalue weighted by Gasteiger charge is 2.18. The number of fused-ring (bicyclic) bond motifs is 1. The Morgan fingerprint density at radius 2 is 1.80 bits per heavy atom. The van der Waals surface area contributed by atoms with Crippen molar-refractivity contribution in [2.75, 3.05) is 5.75 Å². The van der Waals surface area contributed by atoms with Gasteiger partial charge >= 0.3 is 0 Å². The van der Waals surface area contributed by atoms with Crippen LogP contribution in [0.2, 0.25) is 0 Å². The van der Waals surface area contributed by atoms with Crippen molar-refractivity contribution in [1.29, 1.82) is 0 Å². The summed E-state index contributed by atoms with van der Waals surface area (Å²) < 4.78 is 1.73. The van der Waals surface area contributed by atoms with E-state index in [0.717, 1.165) is 25.7 Å². The molecule has 3 aromatic rings. The summed E-state index contributed by atoms with van der Waals surface area (Å²) in [7, 11) is 0. The van der Waals surface area contributed by atoms with Gasteiger partial charge in [-0.05, 0) is 43.4 Å². The molecule has 1 heterocycles. The van der Waals surface area contributed by atoms with Crippen LogP contribution in [0.1, 0.15) is 37.7 Å². The number of hydrogen-bond donors (Lipinski definition) is 1. The number of rotatable bonds is 8. The highest BCUT2D eigenvalue weighted by molar-refractivity contribution is 7.99. The smallest absolute Gasteiger partial charge is 0.262 e. The lowest BCUT2D eigenvalue weighted by Gasteiger charge is -2.14. The number of benzene rings is 2. The molecule has 156 valence electrons. The Labute approximate surface area is 180 Å². The number of carbonyl (C=O) groups excluding carboxylic acids is 1. The molecule has 5 nitrogen and oxygen atoms in total. The summed E-state index contributed by atoms with van der Waals surface area (Å²) in [6, 6.07) is 18.0. The highest BCUT2D eigenvalue weighted by atomic mass is 32.2. The maximum atomic E-state index is 13.1. The molecule has 0 atom stereocenters. The van der Waals surface area contributed by atoms with Crippen molar-refractivity contribution in [3.05, 3.63) is 70.5 Å². The lowest BCUT2D eigenvalue weighted by Crippen LogP contribution is -2.34. The SMILES string of the molecule is O=C(CSc1nc2ccccc2c(=O)n1CCCc1ccccc1)NC1CCCC1. The van der Waals surface area contributed by atoms with E-state index in [2.05, 4.69) is 17.4 Å². The largest absolute Gasteiger partial charge is 0.353 e. The van der Waals surface area contributed by atoms with Crippen molar-refractivity contribution in [1.82, 2.24) is 14.9 Å². The van der Waals surface area contributed by atoms with Crippen LogP contribution in [0, 0.1) is 0 Å².